The third-order valence-electron chi connectivity index (χ3n) is 4.44. The van der Waals surface area contributed by atoms with E-state index in [0.29, 0.717) is 28.9 Å². The van der Waals surface area contributed by atoms with Crippen molar-refractivity contribution in [2.24, 2.45) is 0 Å². The molecule has 0 aliphatic carbocycles. The zero-order valence-corrected chi connectivity index (χ0v) is 14.8. The van der Waals surface area contributed by atoms with E-state index in [1.807, 2.05) is 0 Å². The summed E-state index contributed by atoms with van der Waals surface area (Å²) in [5.41, 5.74) is 1.95. The van der Waals surface area contributed by atoms with Gasteiger partial charge < -0.3 is 4.90 Å². The number of likely N-dealkylation sites (tertiary alicyclic amines) is 1. The van der Waals surface area contributed by atoms with E-state index in [-0.39, 0.29) is 12.5 Å². The Balaban J connectivity index is 1.54. The summed E-state index contributed by atoms with van der Waals surface area (Å²) in [5.74, 6) is -0.166. The van der Waals surface area contributed by atoms with Crippen molar-refractivity contribution in [1.29, 1.82) is 0 Å². The van der Waals surface area contributed by atoms with Gasteiger partial charge in [0.25, 0.3) is 5.91 Å². The lowest BCUT2D eigenvalue weighted by atomic mass is 10.2. The van der Waals surface area contributed by atoms with Gasteiger partial charge in [-0.05, 0) is 36.8 Å². The molecule has 25 heavy (non-hydrogen) atoms. The van der Waals surface area contributed by atoms with Crippen LogP contribution in [0.2, 0.25) is 0 Å². The number of hydrogen-bond acceptors (Lipinski definition) is 6. The smallest absolute Gasteiger partial charge is 0.253 e. The molecule has 0 radical (unpaired) electrons. The predicted octanol–water partition coefficient (Wildman–Crippen LogP) is 2.38. The molecule has 1 fully saturated rings. The molecular formula is C17H15N3O3S2. The predicted molar refractivity (Wildman–Crippen MR) is 95.4 cm³/mol. The Morgan fingerprint density at radius 3 is 2.64 bits per heavy atom. The first-order valence-electron chi connectivity index (χ1n) is 7.86. The quantitative estimate of drug-likeness (QED) is 0.704. The minimum absolute atomic E-state index is 0.166. The van der Waals surface area contributed by atoms with Gasteiger partial charge in [-0.2, -0.15) is 8.75 Å². The Hall–Kier alpha value is -2.32. The van der Waals surface area contributed by atoms with Gasteiger partial charge in [0.05, 0.1) is 21.9 Å². The monoisotopic (exact) mass is 373 g/mol. The third-order valence-corrected chi connectivity index (χ3v) is 7.19. The van der Waals surface area contributed by atoms with Gasteiger partial charge in [0.15, 0.2) is 9.84 Å². The van der Waals surface area contributed by atoms with Crippen LogP contribution < -0.4 is 0 Å². The summed E-state index contributed by atoms with van der Waals surface area (Å²) < 4.78 is 33.7. The van der Waals surface area contributed by atoms with Crippen LogP contribution in [0, 0.1) is 0 Å². The van der Waals surface area contributed by atoms with Crippen molar-refractivity contribution in [3.63, 3.8) is 0 Å². The van der Waals surface area contributed by atoms with Crippen LogP contribution in [0.1, 0.15) is 16.8 Å². The van der Waals surface area contributed by atoms with E-state index in [1.54, 1.807) is 53.4 Å². The molecule has 1 amide bonds. The van der Waals surface area contributed by atoms with Gasteiger partial charge in [-0.25, -0.2) is 8.42 Å². The molecule has 0 saturated carbocycles. The second kappa shape index (κ2) is 6.20. The highest BCUT2D eigenvalue weighted by Gasteiger charge is 2.36. The fourth-order valence-corrected chi connectivity index (χ4v) is 5.30. The van der Waals surface area contributed by atoms with Crippen LogP contribution in [0.15, 0.2) is 53.4 Å². The lowest BCUT2D eigenvalue weighted by molar-refractivity contribution is 0.0793. The Morgan fingerprint density at radius 1 is 1.08 bits per heavy atom. The Labute approximate surface area is 149 Å². The number of carbonyl (C=O) groups excluding carboxylic acids is 1. The van der Waals surface area contributed by atoms with Crippen molar-refractivity contribution in [3.8, 4) is 0 Å². The number of carbonyl (C=O) groups is 1. The minimum Gasteiger partial charge on any atom is -0.337 e. The molecule has 1 aromatic heterocycles. The van der Waals surface area contributed by atoms with Crippen molar-refractivity contribution in [2.75, 3.05) is 13.1 Å². The van der Waals surface area contributed by atoms with Crippen molar-refractivity contribution < 1.29 is 13.2 Å². The first kappa shape index (κ1) is 16.2. The second-order valence-electron chi connectivity index (χ2n) is 5.99. The summed E-state index contributed by atoms with van der Waals surface area (Å²) in [6.45, 7) is 0.645. The molecular weight excluding hydrogens is 358 g/mol. The van der Waals surface area contributed by atoms with Crippen LogP contribution in [-0.2, 0) is 9.84 Å². The molecule has 128 valence electrons. The van der Waals surface area contributed by atoms with Gasteiger partial charge in [-0.1, -0.05) is 18.2 Å². The topological polar surface area (TPSA) is 80.2 Å². The van der Waals surface area contributed by atoms with Crippen molar-refractivity contribution in [1.82, 2.24) is 13.6 Å². The number of nitrogens with zero attached hydrogens (tertiary/aromatic N) is 3. The molecule has 6 nitrogen and oxygen atoms in total. The number of amides is 1. The summed E-state index contributed by atoms with van der Waals surface area (Å²) in [7, 11) is -3.43. The van der Waals surface area contributed by atoms with E-state index >= 15 is 0 Å². The molecule has 3 aromatic rings. The number of aromatic nitrogens is 2. The molecule has 0 N–H and O–H groups in total. The van der Waals surface area contributed by atoms with E-state index in [9.17, 15) is 13.2 Å². The molecule has 0 spiro atoms. The van der Waals surface area contributed by atoms with Gasteiger partial charge in [0.2, 0.25) is 0 Å². The first-order valence-corrected chi connectivity index (χ1v) is 10.1. The van der Waals surface area contributed by atoms with Gasteiger partial charge in [0.1, 0.15) is 11.0 Å². The van der Waals surface area contributed by atoms with Crippen LogP contribution in [-0.4, -0.2) is 46.3 Å². The Kier molecular flexibility index (Phi) is 4.01. The van der Waals surface area contributed by atoms with E-state index in [0.717, 1.165) is 17.2 Å². The summed E-state index contributed by atoms with van der Waals surface area (Å²) >= 11 is 1.10. The molecule has 1 aliphatic heterocycles. The second-order valence-corrected chi connectivity index (χ2v) is 8.74. The molecule has 1 unspecified atom stereocenters. The SMILES string of the molecule is O=C(c1ccc2nsnc2c1)N1CCC(S(=O)(=O)c2ccccc2)C1. The Bertz CT molecular complexity index is 1030. The van der Waals surface area contributed by atoms with Gasteiger partial charge in [-0.3, -0.25) is 4.79 Å². The molecule has 1 atom stereocenters. The lowest BCUT2D eigenvalue weighted by Gasteiger charge is -2.17. The molecule has 0 bridgehead atoms. The average Bonchev–Trinajstić information content (AvgIpc) is 3.31. The largest absolute Gasteiger partial charge is 0.337 e. The van der Waals surface area contributed by atoms with E-state index < -0.39 is 15.1 Å². The number of rotatable bonds is 3. The number of sulfone groups is 1. The van der Waals surface area contributed by atoms with Crippen LogP contribution in [0.4, 0.5) is 0 Å². The van der Waals surface area contributed by atoms with Crippen LogP contribution >= 0.6 is 11.7 Å². The van der Waals surface area contributed by atoms with E-state index in [4.69, 9.17) is 0 Å². The summed E-state index contributed by atoms with van der Waals surface area (Å²) in [6, 6.07) is 13.6. The van der Waals surface area contributed by atoms with E-state index in [2.05, 4.69) is 8.75 Å². The molecule has 4 rings (SSSR count). The molecule has 1 saturated heterocycles. The number of fused-ring (bicyclic) bond motifs is 1. The third kappa shape index (κ3) is 2.91. The zero-order chi connectivity index (χ0) is 17.4. The zero-order valence-electron chi connectivity index (χ0n) is 13.2. The molecule has 2 heterocycles. The highest BCUT2D eigenvalue weighted by Crippen LogP contribution is 2.25. The number of benzene rings is 2. The fraction of sp³-hybridized carbons (Fsp3) is 0.235. The van der Waals surface area contributed by atoms with Gasteiger partial charge >= 0.3 is 0 Å². The van der Waals surface area contributed by atoms with Gasteiger partial charge in [0, 0.05) is 18.7 Å². The van der Waals surface area contributed by atoms with Crippen LogP contribution in [0.5, 0.6) is 0 Å². The normalized spacial score (nSPS) is 17.9. The van der Waals surface area contributed by atoms with Crippen molar-refractivity contribution in [3.05, 3.63) is 54.1 Å². The standard InChI is InChI=1S/C17H15N3O3S2/c21-17(12-6-7-15-16(10-12)19-24-18-15)20-9-8-14(11-20)25(22,23)13-4-2-1-3-5-13/h1-7,10,14H,8-9,11H2. The molecule has 8 heteroatoms. The van der Waals surface area contributed by atoms with Crippen molar-refractivity contribution >= 4 is 38.5 Å². The highest BCUT2D eigenvalue weighted by atomic mass is 32.2. The van der Waals surface area contributed by atoms with E-state index in [1.165, 1.54) is 0 Å². The van der Waals surface area contributed by atoms with Gasteiger partial charge in [-0.15, -0.1) is 0 Å². The average molecular weight is 373 g/mol. The first-order chi connectivity index (χ1) is 12.1. The number of hydrogen-bond donors (Lipinski definition) is 0. The molecule has 2 aromatic carbocycles. The van der Waals surface area contributed by atoms with Crippen LogP contribution in [0.3, 0.4) is 0 Å². The summed E-state index contributed by atoms with van der Waals surface area (Å²) in [5, 5.41) is -0.566. The van der Waals surface area contributed by atoms with Crippen LogP contribution in [0.25, 0.3) is 11.0 Å². The van der Waals surface area contributed by atoms with Crippen molar-refractivity contribution in [2.45, 2.75) is 16.6 Å². The lowest BCUT2D eigenvalue weighted by Crippen LogP contribution is -2.31. The highest BCUT2D eigenvalue weighted by molar-refractivity contribution is 7.92. The molecule has 1 aliphatic rings. The minimum atomic E-state index is -3.43. The fourth-order valence-electron chi connectivity index (χ4n) is 3.07. The Morgan fingerprint density at radius 2 is 1.84 bits per heavy atom. The maximum Gasteiger partial charge on any atom is 0.253 e. The maximum atomic E-state index is 12.7. The maximum absolute atomic E-state index is 12.7. The summed E-state index contributed by atoms with van der Waals surface area (Å²) in [6.07, 6.45) is 0.448. The summed E-state index contributed by atoms with van der Waals surface area (Å²) in [4.78, 5) is 14.6.